The van der Waals surface area contributed by atoms with Crippen LogP contribution < -0.4 is 15.0 Å². The van der Waals surface area contributed by atoms with E-state index in [4.69, 9.17) is 21.1 Å². The molecule has 3 heterocycles. The van der Waals surface area contributed by atoms with Crippen LogP contribution in [0.4, 0.5) is 0 Å². The van der Waals surface area contributed by atoms with Gasteiger partial charge in [0.1, 0.15) is 4.70 Å². The molecule has 144 valence electrons. The number of carbonyl (C=O) groups excluding carboxylic acids is 1. The average Bonchev–Trinajstić information content (AvgIpc) is 3.37. The number of aromatic nitrogens is 2. The van der Waals surface area contributed by atoms with Crippen molar-refractivity contribution >= 4 is 38.9 Å². The van der Waals surface area contributed by atoms with Crippen molar-refractivity contribution in [1.29, 1.82) is 0 Å². The van der Waals surface area contributed by atoms with Crippen LogP contribution in [0.1, 0.15) is 10.4 Å². The largest absolute Gasteiger partial charge is 0.454 e. The van der Waals surface area contributed by atoms with Crippen LogP contribution in [-0.4, -0.2) is 22.1 Å². The van der Waals surface area contributed by atoms with E-state index in [0.29, 0.717) is 32.3 Å². The van der Waals surface area contributed by atoms with E-state index in [-0.39, 0.29) is 24.7 Å². The Balaban J connectivity index is 1.46. The summed E-state index contributed by atoms with van der Waals surface area (Å²) in [7, 11) is 0. The summed E-state index contributed by atoms with van der Waals surface area (Å²) in [5, 5.41) is 0.650. The van der Waals surface area contributed by atoms with Crippen molar-refractivity contribution in [3.8, 4) is 21.9 Å². The molecule has 0 aliphatic carbocycles. The highest BCUT2D eigenvalue weighted by atomic mass is 35.5. The minimum atomic E-state index is -0.241. The number of halogens is 1. The van der Waals surface area contributed by atoms with Crippen LogP contribution in [0.25, 0.3) is 20.7 Å². The molecule has 8 heteroatoms. The van der Waals surface area contributed by atoms with Gasteiger partial charge in [0.25, 0.3) is 5.56 Å². The number of hydrogen-bond acceptors (Lipinski definition) is 6. The Labute approximate surface area is 173 Å². The molecular formula is C21H13ClN2O4S. The monoisotopic (exact) mass is 424 g/mol. The molecule has 0 saturated heterocycles. The topological polar surface area (TPSA) is 70.4 Å². The van der Waals surface area contributed by atoms with E-state index in [1.165, 1.54) is 22.2 Å². The number of thiophene rings is 1. The molecule has 0 fully saturated rings. The van der Waals surface area contributed by atoms with E-state index in [2.05, 4.69) is 4.98 Å². The van der Waals surface area contributed by atoms with E-state index in [1.54, 1.807) is 30.3 Å². The molecule has 4 aromatic rings. The van der Waals surface area contributed by atoms with E-state index >= 15 is 0 Å². The lowest BCUT2D eigenvalue weighted by molar-refractivity contribution is 0.0970. The number of ketones is 1. The van der Waals surface area contributed by atoms with Gasteiger partial charge in [0.05, 0.1) is 18.4 Å². The lowest BCUT2D eigenvalue weighted by Gasteiger charge is -2.05. The van der Waals surface area contributed by atoms with Crippen molar-refractivity contribution in [3.05, 3.63) is 75.8 Å². The number of rotatable bonds is 4. The van der Waals surface area contributed by atoms with Gasteiger partial charge in [0.15, 0.2) is 17.3 Å². The molecule has 0 radical (unpaired) electrons. The van der Waals surface area contributed by atoms with Crippen molar-refractivity contribution < 1.29 is 14.3 Å². The molecule has 0 amide bonds. The van der Waals surface area contributed by atoms with Crippen molar-refractivity contribution in [2.75, 3.05) is 6.79 Å². The standard InChI is InChI=1S/C21H13ClN2O4S/c22-14-4-1-12(2-5-14)19-8-15-20(29-19)21(26)24(10-23-15)9-16(25)13-3-6-17-18(7-13)28-11-27-17/h1-8,10H,9,11H2. The van der Waals surface area contributed by atoms with Crippen LogP contribution in [0.15, 0.2) is 59.7 Å². The summed E-state index contributed by atoms with van der Waals surface area (Å²) in [5.74, 6) is 0.929. The number of nitrogens with zero attached hydrogens (tertiary/aromatic N) is 2. The lowest BCUT2D eigenvalue weighted by Crippen LogP contribution is -2.24. The summed E-state index contributed by atoms with van der Waals surface area (Å²) < 4.78 is 12.4. The number of hydrogen-bond donors (Lipinski definition) is 0. The lowest BCUT2D eigenvalue weighted by atomic mass is 10.1. The van der Waals surface area contributed by atoms with E-state index < -0.39 is 0 Å². The minimum Gasteiger partial charge on any atom is -0.454 e. The number of fused-ring (bicyclic) bond motifs is 2. The summed E-state index contributed by atoms with van der Waals surface area (Å²) in [4.78, 5) is 30.8. The zero-order valence-corrected chi connectivity index (χ0v) is 16.5. The molecular weight excluding hydrogens is 412 g/mol. The third kappa shape index (κ3) is 3.28. The predicted octanol–water partition coefficient (Wildman–Crippen LogP) is 4.39. The van der Waals surface area contributed by atoms with Crippen LogP contribution >= 0.6 is 22.9 Å². The SMILES string of the molecule is O=C(Cn1cnc2cc(-c3ccc(Cl)cc3)sc2c1=O)c1ccc2c(c1)OCO2. The highest BCUT2D eigenvalue weighted by molar-refractivity contribution is 7.22. The summed E-state index contributed by atoms with van der Waals surface area (Å²) in [6.45, 7) is 0.0386. The molecule has 1 aliphatic heterocycles. The normalized spacial score (nSPS) is 12.4. The van der Waals surface area contributed by atoms with E-state index in [9.17, 15) is 9.59 Å². The highest BCUT2D eigenvalue weighted by Gasteiger charge is 2.18. The van der Waals surface area contributed by atoms with Gasteiger partial charge in [0.2, 0.25) is 6.79 Å². The van der Waals surface area contributed by atoms with Crippen LogP contribution in [-0.2, 0) is 6.54 Å². The summed E-state index contributed by atoms with van der Waals surface area (Å²) >= 11 is 7.29. The Morgan fingerprint density at radius 3 is 2.72 bits per heavy atom. The van der Waals surface area contributed by atoms with Gasteiger partial charge in [-0.05, 0) is 42.0 Å². The van der Waals surface area contributed by atoms with Crippen LogP contribution in [0.2, 0.25) is 5.02 Å². The molecule has 0 bridgehead atoms. The van der Waals surface area contributed by atoms with Crippen LogP contribution in [0.3, 0.4) is 0 Å². The van der Waals surface area contributed by atoms with Crippen molar-refractivity contribution in [2.24, 2.45) is 0 Å². The number of benzene rings is 2. The van der Waals surface area contributed by atoms with Crippen LogP contribution in [0.5, 0.6) is 11.5 Å². The molecule has 2 aromatic heterocycles. The van der Waals surface area contributed by atoms with Gasteiger partial charge in [-0.1, -0.05) is 23.7 Å². The second kappa shape index (κ2) is 7.02. The van der Waals surface area contributed by atoms with Crippen molar-refractivity contribution in [3.63, 3.8) is 0 Å². The third-order valence-corrected chi connectivity index (χ3v) is 6.05. The fraction of sp³-hybridized carbons (Fsp3) is 0.0952. The first-order valence-corrected chi connectivity index (χ1v) is 9.96. The van der Waals surface area contributed by atoms with Crippen molar-refractivity contribution in [2.45, 2.75) is 6.54 Å². The maximum Gasteiger partial charge on any atom is 0.271 e. The first-order chi connectivity index (χ1) is 14.1. The van der Waals surface area contributed by atoms with Gasteiger partial charge in [-0.25, -0.2) is 4.98 Å². The summed E-state index contributed by atoms with van der Waals surface area (Å²) in [6, 6.07) is 14.3. The fourth-order valence-electron chi connectivity index (χ4n) is 3.13. The molecule has 0 unspecified atom stereocenters. The van der Waals surface area contributed by atoms with Crippen LogP contribution in [0, 0.1) is 0 Å². The Kier molecular flexibility index (Phi) is 4.34. The second-order valence-electron chi connectivity index (χ2n) is 6.50. The average molecular weight is 425 g/mol. The van der Waals surface area contributed by atoms with Gasteiger partial charge < -0.3 is 9.47 Å². The minimum absolute atomic E-state index is 0.102. The zero-order chi connectivity index (χ0) is 20.0. The van der Waals surface area contributed by atoms with Gasteiger partial charge in [-0.15, -0.1) is 11.3 Å². The highest BCUT2D eigenvalue weighted by Crippen LogP contribution is 2.33. The van der Waals surface area contributed by atoms with Gasteiger partial charge >= 0.3 is 0 Å². The zero-order valence-electron chi connectivity index (χ0n) is 14.9. The molecule has 0 saturated carbocycles. The molecule has 5 rings (SSSR count). The predicted molar refractivity (Wildman–Crippen MR) is 111 cm³/mol. The smallest absolute Gasteiger partial charge is 0.271 e. The maximum absolute atomic E-state index is 12.9. The number of carbonyl (C=O) groups is 1. The fourth-order valence-corrected chi connectivity index (χ4v) is 4.32. The van der Waals surface area contributed by atoms with E-state index in [1.807, 2.05) is 18.2 Å². The van der Waals surface area contributed by atoms with E-state index in [0.717, 1.165) is 10.4 Å². The van der Waals surface area contributed by atoms with Gasteiger partial charge in [-0.2, -0.15) is 0 Å². The maximum atomic E-state index is 12.9. The first kappa shape index (κ1) is 17.9. The molecule has 6 nitrogen and oxygen atoms in total. The third-order valence-electron chi connectivity index (χ3n) is 4.64. The molecule has 0 N–H and O–H groups in total. The quantitative estimate of drug-likeness (QED) is 0.454. The molecule has 2 aromatic carbocycles. The molecule has 0 atom stereocenters. The summed E-state index contributed by atoms with van der Waals surface area (Å²) in [6.07, 6.45) is 1.41. The molecule has 0 spiro atoms. The summed E-state index contributed by atoms with van der Waals surface area (Å²) in [5.41, 5.74) is 1.78. The Morgan fingerprint density at radius 2 is 1.90 bits per heavy atom. The molecule has 1 aliphatic rings. The second-order valence-corrected chi connectivity index (χ2v) is 7.99. The Hall–Kier alpha value is -3.16. The van der Waals surface area contributed by atoms with Gasteiger partial charge in [0, 0.05) is 15.5 Å². The Bertz CT molecular complexity index is 1310. The molecule has 29 heavy (non-hydrogen) atoms. The van der Waals surface area contributed by atoms with Crippen molar-refractivity contribution in [1.82, 2.24) is 9.55 Å². The Morgan fingerprint density at radius 1 is 1.10 bits per heavy atom. The number of Topliss-reactive ketones (excluding diaryl/α,β-unsaturated/α-hetero) is 1. The van der Waals surface area contributed by atoms with Gasteiger partial charge in [-0.3, -0.25) is 14.2 Å². The first-order valence-electron chi connectivity index (χ1n) is 8.76. The number of ether oxygens (including phenoxy) is 2.